The number of halogens is 3. The maximum Gasteiger partial charge on any atom is 0.573 e. The van der Waals surface area contributed by atoms with E-state index in [-0.39, 0.29) is 18.1 Å². The molecule has 33 heavy (non-hydrogen) atoms. The van der Waals surface area contributed by atoms with Crippen LogP contribution < -0.4 is 15.3 Å². The quantitative estimate of drug-likeness (QED) is 0.485. The summed E-state index contributed by atoms with van der Waals surface area (Å²) in [4.78, 5) is 19.6. The number of hydrogen-bond acceptors (Lipinski definition) is 5. The van der Waals surface area contributed by atoms with Crippen LogP contribution in [0.5, 0.6) is 11.6 Å². The van der Waals surface area contributed by atoms with E-state index in [9.17, 15) is 23.1 Å². The van der Waals surface area contributed by atoms with Gasteiger partial charge >= 0.3 is 12.1 Å². The number of alkyl halides is 3. The molecule has 0 atom stereocenters. The van der Waals surface area contributed by atoms with Crippen molar-refractivity contribution in [2.75, 3.05) is 19.0 Å². The van der Waals surface area contributed by atoms with Gasteiger partial charge in [0.1, 0.15) is 5.75 Å². The van der Waals surface area contributed by atoms with E-state index in [1.807, 2.05) is 43.3 Å². The van der Waals surface area contributed by atoms with Crippen LogP contribution in [0, 0.1) is 6.92 Å². The van der Waals surface area contributed by atoms with E-state index in [4.69, 9.17) is 0 Å². The van der Waals surface area contributed by atoms with Crippen molar-refractivity contribution in [1.82, 2.24) is 14.1 Å². The molecule has 2 aromatic carbocycles. The molecule has 10 heteroatoms. The number of para-hydroxylation sites is 1. The molecule has 0 radical (unpaired) electrons. The molecule has 4 aromatic rings. The minimum atomic E-state index is -4.82. The molecule has 2 heterocycles. The summed E-state index contributed by atoms with van der Waals surface area (Å²) in [6.45, 7) is 1.77. The van der Waals surface area contributed by atoms with E-state index >= 15 is 0 Å². The van der Waals surface area contributed by atoms with Gasteiger partial charge in [0.2, 0.25) is 5.88 Å². The van der Waals surface area contributed by atoms with Gasteiger partial charge in [-0.25, -0.2) is 9.36 Å². The molecule has 0 fully saturated rings. The number of aromatic nitrogens is 3. The highest BCUT2D eigenvalue weighted by molar-refractivity contribution is 5.86. The van der Waals surface area contributed by atoms with Gasteiger partial charge < -0.3 is 14.7 Å². The fraction of sp³-hybridized carbons (Fsp3) is 0.217. The minimum Gasteiger partial charge on any atom is -0.493 e. The van der Waals surface area contributed by atoms with E-state index in [0.717, 1.165) is 38.9 Å². The van der Waals surface area contributed by atoms with Crippen LogP contribution in [0.1, 0.15) is 11.3 Å². The predicted octanol–water partition coefficient (Wildman–Crippen LogP) is 4.21. The van der Waals surface area contributed by atoms with Crippen LogP contribution in [0.4, 0.5) is 18.9 Å². The zero-order chi connectivity index (χ0) is 23.9. The lowest BCUT2D eigenvalue weighted by Crippen LogP contribution is -2.25. The summed E-state index contributed by atoms with van der Waals surface area (Å²) in [5.74, 6) is -0.719. The van der Waals surface area contributed by atoms with Crippen LogP contribution in [-0.4, -0.2) is 39.7 Å². The second-order valence-corrected chi connectivity index (χ2v) is 7.69. The largest absolute Gasteiger partial charge is 0.573 e. The van der Waals surface area contributed by atoms with Crippen molar-refractivity contribution in [3.8, 4) is 17.3 Å². The number of rotatable bonds is 5. The van der Waals surface area contributed by atoms with E-state index in [1.165, 1.54) is 16.7 Å². The maximum atomic E-state index is 13.3. The number of fused-ring (bicyclic) bond motifs is 1. The third-order valence-corrected chi connectivity index (χ3v) is 5.35. The molecule has 0 aliphatic heterocycles. The summed E-state index contributed by atoms with van der Waals surface area (Å²) in [7, 11) is 3.75. The lowest BCUT2D eigenvalue weighted by molar-refractivity contribution is -0.274. The Morgan fingerprint density at radius 2 is 1.76 bits per heavy atom. The lowest BCUT2D eigenvalue weighted by atomic mass is 10.1. The highest BCUT2D eigenvalue weighted by Crippen LogP contribution is 2.29. The Labute approximate surface area is 186 Å². The van der Waals surface area contributed by atoms with Crippen LogP contribution in [0.2, 0.25) is 0 Å². The molecule has 1 N–H and O–H groups in total. The van der Waals surface area contributed by atoms with Crippen molar-refractivity contribution in [3.63, 3.8) is 0 Å². The molecular weight excluding hydrogens is 437 g/mol. The molecule has 0 saturated heterocycles. The Balaban J connectivity index is 1.79. The third-order valence-electron chi connectivity index (χ3n) is 5.35. The highest BCUT2D eigenvalue weighted by atomic mass is 19.4. The van der Waals surface area contributed by atoms with E-state index in [0.29, 0.717) is 5.69 Å². The molecule has 0 bridgehead atoms. The maximum absolute atomic E-state index is 13.3. The second kappa shape index (κ2) is 8.19. The Morgan fingerprint density at radius 3 is 2.39 bits per heavy atom. The smallest absolute Gasteiger partial charge is 0.493 e. The number of imidazole rings is 1. The molecule has 0 amide bonds. The standard InChI is InChI=1S/C23H21F3N4O3/c1-14-21(31)30(15-8-10-16(11-9-15)33-23(24,25)26)22(32)29(14)13-18-17-6-4-5-7-19(17)27-12-20(18)28(2)3/h4-12,31H,13H2,1-3H3. The van der Waals surface area contributed by atoms with Gasteiger partial charge in [0, 0.05) is 25.0 Å². The Morgan fingerprint density at radius 1 is 1.09 bits per heavy atom. The third kappa shape index (κ3) is 4.23. The monoisotopic (exact) mass is 458 g/mol. The summed E-state index contributed by atoms with van der Waals surface area (Å²) < 4.78 is 43.6. The molecule has 0 aliphatic carbocycles. The topological polar surface area (TPSA) is 72.5 Å². The average Bonchev–Trinajstić information content (AvgIpc) is 2.96. The van der Waals surface area contributed by atoms with Crippen LogP contribution in [0.25, 0.3) is 16.6 Å². The van der Waals surface area contributed by atoms with Crippen molar-refractivity contribution in [3.05, 3.63) is 76.5 Å². The first-order valence-electron chi connectivity index (χ1n) is 9.98. The summed E-state index contributed by atoms with van der Waals surface area (Å²) in [5.41, 5.74) is 2.44. The number of ether oxygens (including phenoxy) is 1. The van der Waals surface area contributed by atoms with Gasteiger partial charge in [0.05, 0.1) is 35.3 Å². The Hall–Kier alpha value is -3.95. The molecule has 172 valence electrons. The first-order chi connectivity index (χ1) is 15.6. The van der Waals surface area contributed by atoms with E-state index in [1.54, 1.807) is 13.1 Å². The van der Waals surface area contributed by atoms with Gasteiger partial charge in [-0.15, -0.1) is 13.2 Å². The minimum absolute atomic E-state index is 0.164. The van der Waals surface area contributed by atoms with Gasteiger partial charge in [-0.2, -0.15) is 0 Å². The molecule has 7 nitrogen and oxygen atoms in total. The van der Waals surface area contributed by atoms with Gasteiger partial charge in [0.15, 0.2) is 0 Å². The van der Waals surface area contributed by atoms with Crippen LogP contribution in [-0.2, 0) is 6.54 Å². The van der Waals surface area contributed by atoms with Crippen molar-refractivity contribution in [2.45, 2.75) is 19.8 Å². The van der Waals surface area contributed by atoms with Gasteiger partial charge in [0.25, 0.3) is 0 Å². The van der Waals surface area contributed by atoms with Crippen molar-refractivity contribution in [2.24, 2.45) is 0 Å². The van der Waals surface area contributed by atoms with Crippen molar-refractivity contribution in [1.29, 1.82) is 0 Å². The summed E-state index contributed by atoms with van der Waals surface area (Å²) in [5, 5.41) is 11.6. The average molecular weight is 458 g/mol. The first-order valence-corrected chi connectivity index (χ1v) is 9.98. The second-order valence-electron chi connectivity index (χ2n) is 7.69. The van der Waals surface area contributed by atoms with E-state index in [2.05, 4.69) is 9.72 Å². The van der Waals surface area contributed by atoms with Crippen molar-refractivity contribution >= 4 is 16.6 Å². The van der Waals surface area contributed by atoms with Gasteiger partial charge in [-0.1, -0.05) is 18.2 Å². The summed E-state index contributed by atoms with van der Waals surface area (Å²) in [6.07, 6.45) is -3.09. The zero-order valence-electron chi connectivity index (χ0n) is 18.1. The molecule has 2 aromatic heterocycles. The number of aromatic hydroxyl groups is 1. The Bertz CT molecular complexity index is 1370. The fourth-order valence-corrected chi connectivity index (χ4v) is 3.75. The van der Waals surface area contributed by atoms with Crippen LogP contribution in [0.15, 0.2) is 59.5 Å². The summed E-state index contributed by atoms with van der Waals surface area (Å²) in [6, 6.07) is 12.3. The molecular formula is C23H21F3N4O3. The Kier molecular flexibility index (Phi) is 5.52. The number of hydrogen-bond donors (Lipinski definition) is 1. The van der Waals surface area contributed by atoms with Crippen LogP contribution >= 0.6 is 0 Å². The summed E-state index contributed by atoms with van der Waals surface area (Å²) >= 11 is 0. The zero-order valence-corrected chi connectivity index (χ0v) is 18.1. The van der Waals surface area contributed by atoms with Crippen molar-refractivity contribution < 1.29 is 23.0 Å². The van der Waals surface area contributed by atoms with Gasteiger partial charge in [-0.3, -0.25) is 9.55 Å². The SMILES string of the molecule is Cc1c(O)n(-c2ccc(OC(F)(F)F)cc2)c(=O)n1Cc1c(N(C)C)cnc2ccccc12. The number of anilines is 1. The molecule has 0 saturated carbocycles. The number of nitrogens with zero attached hydrogens (tertiary/aromatic N) is 4. The molecule has 0 aliphatic rings. The first kappa shape index (κ1) is 22.3. The molecule has 0 spiro atoms. The highest BCUT2D eigenvalue weighted by Gasteiger charge is 2.31. The predicted molar refractivity (Wildman–Crippen MR) is 118 cm³/mol. The van der Waals surface area contributed by atoms with Crippen LogP contribution in [0.3, 0.4) is 0 Å². The lowest BCUT2D eigenvalue weighted by Gasteiger charge is -2.19. The number of benzene rings is 2. The molecule has 4 rings (SSSR count). The molecule has 0 unspecified atom stereocenters. The van der Waals surface area contributed by atoms with Gasteiger partial charge in [-0.05, 0) is 37.3 Å². The number of pyridine rings is 1. The normalized spacial score (nSPS) is 11.7. The fourth-order valence-electron chi connectivity index (χ4n) is 3.75. The van der Waals surface area contributed by atoms with E-state index < -0.39 is 17.8 Å².